The molecule has 6 nitrogen and oxygen atoms in total. The summed E-state index contributed by atoms with van der Waals surface area (Å²) < 4.78 is 0. The van der Waals surface area contributed by atoms with Crippen molar-refractivity contribution in [1.82, 2.24) is 20.2 Å². The minimum absolute atomic E-state index is 0.166. The summed E-state index contributed by atoms with van der Waals surface area (Å²) in [5, 5.41) is 3.08. The number of anilines is 1. The van der Waals surface area contributed by atoms with Gasteiger partial charge in [-0.15, -0.1) is 0 Å². The third kappa shape index (κ3) is 3.69. The number of nitrogens with two attached hydrogens (primary N) is 1. The zero-order valence-corrected chi connectivity index (χ0v) is 13.3. The van der Waals surface area contributed by atoms with Crippen molar-refractivity contribution in [2.45, 2.75) is 39.2 Å². The molecule has 0 aliphatic carbocycles. The number of rotatable bonds is 3. The zero-order chi connectivity index (χ0) is 15.6. The fourth-order valence-electron chi connectivity index (χ4n) is 2.67. The summed E-state index contributed by atoms with van der Waals surface area (Å²) in [4.78, 5) is 23.2. The Labute approximate surface area is 126 Å². The highest BCUT2D eigenvalue weighted by molar-refractivity contribution is 5.97. The molecule has 3 N–H and O–H groups in total. The minimum atomic E-state index is -0.196. The van der Waals surface area contributed by atoms with E-state index < -0.39 is 0 Å². The molecule has 2 rings (SSSR count). The molecule has 1 fully saturated rings. The van der Waals surface area contributed by atoms with E-state index in [1.165, 1.54) is 6.20 Å². The van der Waals surface area contributed by atoms with Crippen LogP contribution in [0.25, 0.3) is 0 Å². The van der Waals surface area contributed by atoms with Crippen LogP contribution in [-0.2, 0) is 0 Å². The van der Waals surface area contributed by atoms with Crippen LogP contribution in [0, 0.1) is 5.92 Å². The summed E-state index contributed by atoms with van der Waals surface area (Å²) >= 11 is 0. The lowest BCUT2D eigenvalue weighted by atomic mass is 9.94. The Morgan fingerprint density at radius 2 is 2.24 bits per heavy atom. The van der Waals surface area contributed by atoms with E-state index in [4.69, 9.17) is 5.73 Å². The van der Waals surface area contributed by atoms with Crippen LogP contribution in [0.3, 0.4) is 0 Å². The smallest absolute Gasteiger partial charge is 0.272 e. The van der Waals surface area contributed by atoms with Crippen molar-refractivity contribution >= 4 is 11.6 Å². The molecule has 1 amide bonds. The lowest BCUT2D eigenvalue weighted by Crippen LogP contribution is -2.49. The molecule has 1 aliphatic rings. The Morgan fingerprint density at radius 3 is 2.86 bits per heavy atom. The molecule has 2 atom stereocenters. The second kappa shape index (κ2) is 6.39. The van der Waals surface area contributed by atoms with Crippen molar-refractivity contribution in [1.29, 1.82) is 0 Å². The summed E-state index contributed by atoms with van der Waals surface area (Å²) in [6.45, 7) is 8.12. The van der Waals surface area contributed by atoms with Crippen LogP contribution in [0.5, 0.6) is 0 Å². The molecule has 1 aromatic heterocycles. The zero-order valence-electron chi connectivity index (χ0n) is 13.3. The molecule has 0 bridgehead atoms. The number of hydrogen-bond acceptors (Lipinski definition) is 5. The van der Waals surface area contributed by atoms with Crippen molar-refractivity contribution in [2.24, 2.45) is 5.92 Å². The Kier molecular flexibility index (Phi) is 4.77. The van der Waals surface area contributed by atoms with Gasteiger partial charge in [0.25, 0.3) is 5.91 Å². The number of hydrogen-bond donors (Lipinski definition) is 2. The molecule has 1 saturated heterocycles. The van der Waals surface area contributed by atoms with Crippen LogP contribution in [0.4, 0.5) is 5.69 Å². The standard InChI is InChI=1S/C15H25N5O/c1-9(2)14-17-7-11(16)13(19-14)15(21)18-12-5-6-20(4)8-10(12)3/h7,9-10,12H,5-6,8,16H2,1-4H3,(H,18,21). The van der Waals surface area contributed by atoms with Crippen LogP contribution in [-0.4, -0.2) is 47.0 Å². The molecule has 1 aromatic rings. The van der Waals surface area contributed by atoms with Crippen LogP contribution in [0.15, 0.2) is 6.20 Å². The number of amides is 1. The summed E-state index contributed by atoms with van der Waals surface area (Å²) in [6.07, 6.45) is 2.47. The quantitative estimate of drug-likeness (QED) is 0.875. The van der Waals surface area contributed by atoms with Gasteiger partial charge in [0, 0.05) is 18.5 Å². The number of nitrogen functional groups attached to an aromatic ring is 1. The number of likely N-dealkylation sites (tertiary alicyclic amines) is 1. The number of aromatic nitrogens is 2. The summed E-state index contributed by atoms with van der Waals surface area (Å²) in [7, 11) is 2.10. The van der Waals surface area contributed by atoms with Gasteiger partial charge in [-0.1, -0.05) is 20.8 Å². The normalized spacial score (nSPS) is 23.3. The van der Waals surface area contributed by atoms with Crippen molar-refractivity contribution < 1.29 is 4.79 Å². The molecule has 0 saturated carbocycles. The monoisotopic (exact) mass is 291 g/mol. The fourth-order valence-corrected chi connectivity index (χ4v) is 2.67. The Bertz CT molecular complexity index is 517. The third-order valence-corrected chi connectivity index (χ3v) is 3.99. The molecular formula is C15H25N5O. The molecule has 21 heavy (non-hydrogen) atoms. The number of carbonyl (C=O) groups excluding carboxylic acids is 1. The minimum Gasteiger partial charge on any atom is -0.396 e. The number of nitrogens with zero attached hydrogens (tertiary/aromatic N) is 3. The van der Waals surface area contributed by atoms with E-state index in [1.54, 1.807) is 0 Å². The van der Waals surface area contributed by atoms with Gasteiger partial charge in [-0.2, -0.15) is 0 Å². The first-order valence-corrected chi connectivity index (χ1v) is 7.50. The maximum Gasteiger partial charge on any atom is 0.272 e. The summed E-state index contributed by atoms with van der Waals surface area (Å²) in [6, 6.07) is 0.172. The van der Waals surface area contributed by atoms with Crippen molar-refractivity contribution in [3.63, 3.8) is 0 Å². The maximum absolute atomic E-state index is 12.4. The van der Waals surface area contributed by atoms with E-state index >= 15 is 0 Å². The van der Waals surface area contributed by atoms with Gasteiger partial charge in [0.05, 0.1) is 11.9 Å². The Morgan fingerprint density at radius 1 is 1.52 bits per heavy atom. The highest BCUT2D eigenvalue weighted by Crippen LogP contribution is 2.18. The van der Waals surface area contributed by atoms with Crippen LogP contribution in [0.2, 0.25) is 0 Å². The van der Waals surface area contributed by atoms with Gasteiger partial charge >= 0.3 is 0 Å². The van der Waals surface area contributed by atoms with Gasteiger partial charge in [0.2, 0.25) is 0 Å². The van der Waals surface area contributed by atoms with Crippen LogP contribution < -0.4 is 11.1 Å². The number of nitrogens with one attached hydrogen (secondary N) is 1. The molecule has 0 radical (unpaired) electrons. The van der Waals surface area contributed by atoms with E-state index in [1.807, 2.05) is 13.8 Å². The van der Waals surface area contributed by atoms with E-state index in [0.29, 0.717) is 23.1 Å². The number of carbonyl (C=O) groups is 1. The van der Waals surface area contributed by atoms with Gasteiger partial charge in [-0.3, -0.25) is 4.79 Å². The average molecular weight is 291 g/mol. The number of piperidine rings is 1. The second-order valence-corrected chi connectivity index (χ2v) is 6.30. The Hall–Kier alpha value is -1.69. The second-order valence-electron chi connectivity index (χ2n) is 6.30. The lowest BCUT2D eigenvalue weighted by Gasteiger charge is -2.35. The van der Waals surface area contributed by atoms with Crippen LogP contribution >= 0.6 is 0 Å². The molecule has 6 heteroatoms. The third-order valence-electron chi connectivity index (χ3n) is 3.99. The van der Waals surface area contributed by atoms with Crippen molar-refractivity contribution in [3.05, 3.63) is 17.7 Å². The Balaban J connectivity index is 2.11. The van der Waals surface area contributed by atoms with Crippen LogP contribution in [0.1, 0.15) is 49.4 Å². The highest BCUT2D eigenvalue weighted by atomic mass is 16.2. The first-order chi connectivity index (χ1) is 9.88. The van der Waals surface area contributed by atoms with Gasteiger partial charge in [0.1, 0.15) is 5.82 Å². The van der Waals surface area contributed by atoms with E-state index in [2.05, 4.69) is 34.2 Å². The van der Waals surface area contributed by atoms with Crippen molar-refractivity contribution in [2.75, 3.05) is 25.9 Å². The first-order valence-electron chi connectivity index (χ1n) is 7.50. The van der Waals surface area contributed by atoms with Gasteiger partial charge in [-0.05, 0) is 25.9 Å². The van der Waals surface area contributed by atoms with E-state index in [0.717, 1.165) is 19.5 Å². The summed E-state index contributed by atoms with van der Waals surface area (Å²) in [5.74, 6) is 1.03. The first kappa shape index (κ1) is 15.7. The average Bonchev–Trinajstić information content (AvgIpc) is 2.42. The van der Waals surface area contributed by atoms with Gasteiger partial charge in [-0.25, -0.2) is 9.97 Å². The maximum atomic E-state index is 12.4. The van der Waals surface area contributed by atoms with E-state index in [9.17, 15) is 4.79 Å². The molecule has 2 heterocycles. The predicted molar refractivity (Wildman–Crippen MR) is 83.1 cm³/mol. The van der Waals surface area contributed by atoms with Gasteiger partial charge < -0.3 is 16.0 Å². The molecule has 2 unspecified atom stereocenters. The lowest BCUT2D eigenvalue weighted by molar-refractivity contribution is 0.0879. The predicted octanol–water partition coefficient (Wildman–Crippen LogP) is 1.25. The molecule has 0 spiro atoms. The highest BCUT2D eigenvalue weighted by Gasteiger charge is 2.27. The topological polar surface area (TPSA) is 84.1 Å². The SMILES string of the molecule is CC(C)c1ncc(N)c(C(=O)NC2CCN(C)CC2C)n1. The summed E-state index contributed by atoms with van der Waals surface area (Å²) in [5.41, 5.74) is 6.48. The molecule has 0 aromatic carbocycles. The van der Waals surface area contributed by atoms with Crippen molar-refractivity contribution in [3.8, 4) is 0 Å². The largest absolute Gasteiger partial charge is 0.396 e. The molecule has 116 valence electrons. The molecule has 1 aliphatic heterocycles. The van der Waals surface area contributed by atoms with Gasteiger partial charge in [0.15, 0.2) is 5.69 Å². The van der Waals surface area contributed by atoms with E-state index in [-0.39, 0.29) is 17.9 Å². The fraction of sp³-hybridized carbons (Fsp3) is 0.667. The molecular weight excluding hydrogens is 266 g/mol.